The molecule has 1 nitrogen and oxygen atoms in total. The van der Waals surface area contributed by atoms with Gasteiger partial charge < -0.3 is 0 Å². The van der Waals surface area contributed by atoms with Gasteiger partial charge in [-0.1, -0.05) is 50.2 Å². The summed E-state index contributed by atoms with van der Waals surface area (Å²) in [6.07, 6.45) is 5.54. The van der Waals surface area contributed by atoms with Crippen LogP contribution in [0.2, 0.25) is 0 Å². The fourth-order valence-corrected chi connectivity index (χ4v) is 4.63. The average molecular weight is 494 g/mol. The highest BCUT2D eigenvalue weighted by atomic mass is 32.1. The second-order valence-corrected chi connectivity index (χ2v) is 8.94. The Morgan fingerprint density at radius 3 is 2.31 bits per heavy atom. The van der Waals surface area contributed by atoms with Gasteiger partial charge in [-0.05, 0) is 90.0 Å². The Kier molecular flexibility index (Phi) is 7.80. The summed E-state index contributed by atoms with van der Waals surface area (Å²) < 4.78 is 58.1. The van der Waals surface area contributed by atoms with Crippen molar-refractivity contribution in [3.63, 3.8) is 0 Å². The summed E-state index contributed by atoms with van der Waals surface area (Å²) in [5.41, 5.74) is 2.00. The summed E-state index contributed by atoms with van der Waals surface area (Å²) >= 11 is 4.41. The molecule has 0 amide bonds. The fraction of sp³-hybridized carbons (Fsp3) is 0.276. The molecule has 1 unspecified atom stereocenters. The molecule has 1 aliphatic rings. The predicted octanol–water partition coefficient (Wildman–Crippen LogP) is 8.34. The largest absolute Gasteiger partial charge is 0.206 e. The van der Waals surface area contributed by atoms with E-state index in [1.54, 1.807) is 24.3 Å². The second-order valence-electron chi connectivity index (χ2n) is 8.76. The highest BCUT2D eigenvalue weighted by Gasteiger charge is 2.24. The number of benzene rings is 3. The Balaban J connectivity index is 1.56. The molecule has 0 radical (unpaired) electrons. The summed E-state index contributed by atoms with van der Waals surface area (Å²) in [6.45, 7) is 2.14. The van der Waals surface area contributed by atoms with Gasteiger partial charge in [0.15, 0.2) is 11.6 Å². The molecule has 4 rings (SSSR count). The van der Waals surface area contributed by atoms with Crippen LogP contribution in [0.4, 0.5) is 23.2 Å². The van der Waals surface area contributed by atoms with Crippen LogP contribution in [0.1, 0.15) is 54.9 Å². The maximum absolute atomic E-state index is 15.1. The zero-order valence-corrected chi connectivity index (χ0v) is 20.0. The molecule has 0 saturated carbocycles. The smallest absolute Gasteiger partial charge is 0.153 e. The molecule has 0 aromatic heterocycles. The standard InChI is InChI=1S/C29H23F4NS/c1-2-3-4-19-8-11-23-22(13-19)16-25(30)24(28(23)33)12-7-18-5-9-20(10-6-18)21-14-26(31)29(34-17-35)27(32)15-21/h5-6,9-10,14-16,19H,2-4,8,11,13H2,1H3. The van der Waals surface area contributed by atoms with E-state index in [2.05, 4.69) is 36.0 Å². The number of hydrogen-bond acceptors (Lipinski definition) is 2. The van der Waals surface area contributed by atoms with Crippen molar-refractivity contribution in [1.82, 2.24) is 0 Å². The third-order valence-electron chi connectivity index (χ3n) is 6.41. The SMILES string of the molecule is CCCCC1CCc2c(cc(F)c(C#Cc3ccc(-c4cc(F)c(N=C=S)c(F)c4)cc3)c2F)C1. The first-order valence-electron chi connectivity index (χ1n) is 11.6. The van der Waals surface area contributed by atoms with Crippen molar-refractivity contribution in [3.05, 3.63) is 88.0 Å². The highest BCUT2D eigenvalue weighted by Crippen LogP contribution is 2.33. The maximum Gasteiger partial charge on any atom is 0.153 e. The lowest BCUT2D eigenvalue weighted by Gasteiger charge is -2.25. The molecule has 0 fully saturated rings. The van der Waals surface area contributed by atoms with Crippen LogP contribution in [0.15, 0.2) is 47.5 Å². The molecule has 178 valence electrons. The number of fused-ring (bicyclic) bond motifs is 1. The van der Waals surface area contributed by atoms with Gasteiger partial charge >= 0.3 is 0 Å². The summed E-state index contributed by atoms with van der Waals surface area (Å²) in [5.74, 6) is 3.00. The van der Waals surface area contributed by atoms with Gasteiger partial charge in [0.1, 0.15) is 17.3 Å². The van der Waals surface area contributed by atoms with E-state index in [9.17, 15) is 13.2 Å². The Labute approximate surface area is 207 Å². The van der Waals surface area contributed by atoms with Crippen molar-refractivity contribution in [1.29, 1.82) is 0 Å². The maximum atomic E-state index is 15.1. The van der Waals surface area contributed by atoms with E-state index < -0.39 is 29.0 Å². The van der Waals surface area contributed by atoms with E-state index in [0.29, 0.717) is 41.0 Å². The lowest BCUT2D eigenvalue weighted by atomic mass is 9.80. The number of rotatable bonds is 5. The molecule has 3 aromatic carbocycles. The van der Waals surface area contributed by atoms with E-state index in [1.165, 1.54) is 6.07 Å². The average Bonchev–Trinajstić information content (AvgIpc) is 2.85. The molecular formula is C29H23F4NS. The fourth-order valence-electron chi connectivity index (χ4n) is 4.54. The van der Waals surface area contributed by atoms with Gasteiger partial charge in [-0.15, -0.1) is 0 Å². The lowest BCUT2D eigenvalue weighted by molar-refractivity contribution is 0.402. The zero-order valence-electron chi connectivity index (χ0n) is 19.2. The Morgan fingerprint density at radius 2 is 1.66 bits per heavy atom. The molecule has 35 heavy (non-hydrogen) atoms. The number of hydrogen-bond donors (Lipinski definition) is 0. The number of halogens is 4. The monoisotopic (exact) mass is 493 g/mol. The zero-order chi connectivity index (χ0) is 24.9. The van der Waals surface area contributed by atoms with E-state index in [-0.39, 0.29) is 5.56 Å². The van der Waals surface area contributed by atoms with Gasteiger partial charge in [0.05, 0.1) is 10.7 Å². The topological polar surface area (TPSA) is 12.4 Å². The minimum absolute atomic E-state index is 0.223. The molecule has 0 N–H and O–H groups in total. The van der Waals surface area contributed by atoms with E-state index in [1.807, 2.05) is 5.16 Å². The molecule has 0 spiro atoms. The van der Waals surface area contributed by atoms with Gasteiger partial charge in [-0.3, -0.25) is 0 Å². The molecule has 0 saturated heterocycles. The molecule has 1 aliphatic carbocycles. The molecule has 0 heterocycles. The van der Waals surface area contributed by atoms with E-state index >= 15 is 4.39 Å². The van der Waals surface area contributed by atoms with Crippen LogP contribution < -0.4 is 0 Å². The van der Waals surface area contributed by atoms with Crippen LogP contribution >= 0.6 is 12.2 Å². The Hall–Kier alpha value is -3.26. The van der Waals surface area contributed by atoms with Crippen molar-refractivity contribution < 1.29 is 17.6 Å². The van der Waals surface area contributed by atoms with Gasteiger partial charge in [-0.2, -0.15) is 4.99 Å². The Morgan fingerprint density at radius 1 is 0.943 bits per heavy atom. The predicted molar refractivity (Wildman–Crippen MR) is 134 cm³/mol. The third kappa shape index (κ3) is 5.53. The third-order valence-corrected chi connectivity index (χ3v) is 6.50. The van der Waals surface area contributed by atoms with Crippen LogP contribution in [0, 0.1) is 41.0 Å². The van der Waals surface area contributed by atoms with E-state index in [4.69, 9.17) is 0 Å². The summed E-state index contributed by atoms with van der Waals surface area (Å²) in [4.78, 5) is 3.40. The molecule has 0 aliphatic heterocycles. The number of isothiocyanates is 1. The van der Waals surface area contributed by atoms with Crippen LogP contribution in [0.25, 0.3) is 11.1 Å². The van der Waals surface area contributed by atoms with Crippen molar-refractivity contribution >= 4 is 23.1 Å². The van der Waals surface area contributed by atoms with Gasteiger partial charge in [-0.25, -0.2) is 17.6 Å². The summed E-state index contributed by atoms with van der Waals surface area (Å²) in [5, 5.41) is 1.95. The Bertz CT molecular complexity index is 1340. The first-order valence-corrected chi connectivity index (χ1v) is 12.0. The molecular weight excluding hydrogens is 470 g/mol. The molecule has 1 atom stereocenters. The minimum Gasteiger partial charge on any atom is -0.206 e. The van der Waals surface area contributed by atoms with Crippen LogP contribution in [0.5, 0.6) is 0 Å². The van der Waals surface area contributed by atoms with Crippen LogP contribution in [-0.2, 0) is 12.8 Å². The van der Waals surface area contributed by atoms with Crippen LogP contribution in [-0.4, -0.2) is 5.16 Å². The quantitative estimate of drug-likeness (QED) is 0.151. The van der Waals surface area contributed by atoms with Crippen molar-refractivity contribution in [2.45, 2.75) is 45.4 Å². The normalized spacial score (nSPS) is 14.5. The van der Waals surface area contributed by atoms with Gasteiger partial charge in [0.25, 0.3) is 0 Å². The second kappa shape index (κ2) is 11.0. The van der Waals surface area contributed by atoms with Crippen molar-refractivity contribution in [2.75, 3.05) is 0 Å². The molecule has 3 aromatic rings. The number of thiocarbonyl (C=S) groups is 1. The van der Waals surface area contributed by atoms with Gasteiger partial charge in [0, 0.05) is 5.56 Å². The lowest BCUT2D eigenvalue weighted by Crippen LogP contribution is -2.17. The minimum atomic E-state index is -0.851. The van der Waals surface area contributed by atoms with Crippen LogP contribution in [0.3, 0.4) is 0 Å². The van der Waals surface area contributed by atoms with Gasteiger partial charge in [0.2, 0.25) is 0 Å². The summed E-state index contributed by atoms with van der Waals surface area (Å²) in [7, 11) is 0. The number of nitrogens with zero attached hydrogens (tertiary/aromatic N) is 1. The van der Waals surface area contributed by atoms with Crippen molar-refractivity contribution in [3.8, 4) is 23.0 Å². The summed E-state index contributed by atoms with van der Waals surface area (Å²) in [6, 6.07) is 10.3. The first-order chi connectivity index (χ1) is 16.9. The van der Waals surface area contributed by atoms with E-state index in [0.717, 1.165) is 43.4 Å². The number of aliphatic imine (C=N–C) groups is 1. The number of unbranched alkanes of at least 4 members (excludes halogenated alkanes) is 1. The first kappa shape index (κ1) is 24.9. The molecule has 6 heteroatoms. The van der Waals surface area contributed by atoms with Crippen molar-refractivity contribution in [2.24, 2.45) is 10.9 Å². The highest BCUT2D eigenvalue weighted by molar-refractivity contribution is 7.78. The molecule has 0 bridgehead atoms.